The lowest BCUT2D eigenvalue weighted by atomic mass is 9.96. The molecule has 0 bridgehead atoms. The maximum atomic E-state index is 12.2. The Balaban J connectivity index is 1.24. The summed E-state index contributed by atoms with van der Waals surface area (Å²) in [7, 11) is 0. The molecule has 1 saturated carbocycles. The first-order chi connectivity index (χ1) is 21.0. The summed E-state index contributed by atoms with van der Waals surface area (Å²) in [6, 6.07) is 12.7. The van der Waals surface area contributed by atoms with Crippen LogP contribution in [0.25, 0.3) is 17.2 Å². The van der Waals surface area contributed by atoms with Crippen molar-refractivity contribution in [3.63, 3.8) is 0 Å². The Morgan fingerprint density at radius 3 is 2.72 bits per heavy atom. The number of carboxylic acid groups (broad SMARTS) is 1. The highest BCUT2D eigenvalue weighted by atomic mass is 16.7. The number of aryl methyl sites for hydroxylation is 1. The van der Waals surface area contributed by atoms with E-state index < -0.39 is 12.3 Å². The van der Waals surface area contributed by atoms with Crippen molar-refractivity contribution in [2.45, 2.75) is 57.1 Å². The van der Waals surface area contributed by atoms with Crippen LogP contribution in [0.15, 0.2) is 67.4 Å². The highest BCUT2D eigenvalue weighted by Gasteiger charge is 2.51. The third-order valence-corrected chi connectivity index (χ3v) is 7.93. The van der Waals surface area contributed by atoms with Gasteiger partial charge in [0, 0.05) is 12.7 Å². The number of hydrogen-bond donors (Lipinski definition) is 3. The normalized spacial score (nSPS) is 23.0. The van der Waals surface area contributed by atoms with Gasteiger partial charge in [0.25, 0.3) is 0 Å². The van der Waals surface area contributed by atoms with E-state index in [1.165, 1.54) is 6.33 Å². The van der Waals surface area contributed by atoms with Crippen molar-refractivity contribution < 1.29 is 24.2 Å². The van der Waals surface area contributed by atoms with Gasteiger partial charge in [-0.3, -0.25) is 10.3 Å². The minimum atomic E-state index is -0.973. The molecule has 1 saturated heterocycles. The summed E-state index contributed by atoms with van der Waals surface area (Å²) in [6.45, 7) is 2.32. The number of anilines is 1. The molecule has 2 aliphatic rings. The van der Waals surface area contributed by atoms with Crippen molar-refractivity contribution in [1.29, 1.82) is 0 Å². The number of urea groups is 1. The molecular weight excluding hydrogens is 550 g/mol. The number of rotatable bonds is 10. The van der Waals surface area contributed by atoms with E-state index in [1.54, 1.807) is 24.7 Å². The Kier molecular flexibility index (Phi) is 8.38. The van der Waals surface area contributed by atoms with Crippen LogP contribution in [0.3, 0.4) is 0 Å². The summed E-state index contributed by atoms with van der Waals surface area (Å²) in [5, 5.41) is 15.0. The molecule has 6 rings (SSSR count). The van der Waals surface area contributed by atoms with Crippen LogP contribution in [-0.2, 0) is 15.9 Å². The summed E-state index contributed by atoms with van der Waals surface area (Å²) < 4.78 is 15.0. The Labute approximate surface area is 248 Å². The van der Waals surface area contributed by atoms with Crippen LogP contribution in [0.5, 0.6) is 0 Å². The Hall–Kier alpha value is -4.68. The van der Waals surface area contributed by atoms with Gasteiger partial charge in [-0.2, -0.15) is 0 Å². The lowest BCUT2D eigenvalue weighted by Crippen LogP contribution is -2.28. The predicted molar refractivity (Wildman–Crippen MR) is 158 cm³/mol. The molecule has 3 N–H and O–H groups in total. The number of aromatic carboxylic acids is 1. The summed E-state index contributed by atoms with van der Waals surface area (Å²) in [5.74, 6) is -0.494. The van der Waals surface area contributed by atoms with E-state index in [0.29, 0.717) is 35.6 Å². The summed E-state index contributed by atoms with van der Waals surface area (Å²) >= 11 is 0. The fourth-order valence-electron chi connectivity index (χ4n) is 6.02. The van der Waals surface area contributed by atoms with Gasteiger partial charge in [0.15, 0.2) is 23.3 Å². The van der Waals surface area contributed by atoms with E-state index in [9.17, 15) is 14.7 Å². The van der Waals surface area contributed by atoms with Gasteiger partial charge < -0.3 is 24.5 Å². The van der Waals surface area contributed by atoms with Crippen LogP contribution < -0.4 is 10.6 Å². The number of pyridine rings is 1. The van der Waals surface area contributed by atoms with Gasteiger partial charge in [-0.15, -0.1) is 0 Å². The third-order valence-electron chi connectivity index (χ3n) is 7.93. The lowest BCUT2D eigenvalue weighted by Gasteiger charge is -2.19. The van der Waals surface area contributed by atoms with E-state index in [-0.39, 0.29) is 35.8 Å². The fraction of sp³-hybridized carbons (Fsp3) is 0.355. The minimum absolute atomic E-state index is 0.119. The van der Waals surface area contributed by atoms with Crippen LogP contribution in [0, 0.1) is 5.92 Å². The molecular formula is C31H33N7O5. The largest absolute Gasteiger partial charge is 0.478 e. The molecule has 1 aliphatic carbocycles. The van der Waals surface area contributed by atoms with E-state index in [1.807, 2.05) is 54.0 Å². The first-order valence-electron chi connectivity index (χ1n) is 14.5. The van der Waals surface area contributed by atoms with Crippen molar-refractivity contribution in [2.75, 3.05) is 11.9 Å². The number of hydrogen-bond acceptors (Lipinski definition) is 8. The van der Waals surface area contributed by atoms with Crippen LogP contribution in [-0.4, -0.2) is 66.7 Å². The Morgan fingerprint density at radius 1 is 1.07 bits per heavy atom. The number of aromatic nitrogens is 5. The van der Waals surface area contributed by atoms with Crippen LogP contribution in [0.4, 0.5) is 10.6 Å². The number of nitrogens with zero attached hydrogens (tertiary/aromatic N) is 5. The molecule has 2 fully saturated rings. The van der Waals surface area contributed by atoms with E-state index in [4.69, 9.17) is 9.47 Å². The topological polar surface area (TPSA) is 153 Å². The lowest BCUT2D eigenvalue weighted by molar-refractivity contribution is -0.0507. The molecule has 0 spiro atoms. The summed E-state index contributed by atoms with van der Waals surface area (Å²) in [4.78, 5) is 41.5. The van der Waals surface area contributed by atoms with Crippen molar-refractivity contribution in [1.82, 2.24) is 29.8 Å². The third kappa shape index (κ3) is 6.11. The van der Waals surface area contributed by atoms with Crippen LogP contribution >= 0.6 is 0 Å². The molecule has 1 aromatic carbocycles. The number of amides is 2. The first kappa shape index (κ1) is 28.4. The highest BCUT2D eigenvalue weighted by Crippen LogP contribution is 2.47. The zero-order chi connectivity index (χ0) is 29.8. The maximum Gasteiger partial charge on any atom is 0.337 e. The molecule has 3 aromatic heterocycles. The van der Waals surface area contributed by atoms with Gasteiger partial charge in [0.2, 0.25) is 0 Å². The van der Waals surface area contributed by atoms with Gasteiger partial charge in [-0.25, -0.2) is 24.5 Å². The maximum absolute atomic E-state index is 12.2. The van der Waals surface area contributed by atoms with Crippen molar-refractivity contribution >= 4 is 35.1 Å². The molecule has 2 amide bonds. The number of carbonyl (C=O) groups is 2. The van der Waals surface area contributed by atoms with Gasteiger partial charge >= 0.3 is 12.0 Å². The smallest absolute Gasteiger partial charge is 0.337 e. The molecule has 0 radical (unpaired) electrons. The number of ether oxygens (including phenoxy) is 2. The van der Waals surface area contributed by atoms with Crippen molar-refractivity contribution in [3.05, 3.63) is 84.2 Å². The molecule has 222 valence electrons. The van der Waals surface area contributed by atoms with Crippen LogP contribution in [0.1, 0.15) is 53.8 Å². The van der Waals surface area contributed by atoms with E-state index >= 15 is 0 Å². The molecule has 4 aromatic rings. The fourth-order valence-corrected chi connectivity index (χ4v) is 6.02. The highest BCUT2D eigenvalue weighted by molar-refractivity contribution is 5.95. The number of imidazole rings is 1. The average molecular weight is 584 g/mol. The number of carbonyl (C=O) groups excluding carboxylic acids is 1. The standard InChI is InChI=1S/C31H33N7O5/c1-2-32-31(41)37-28-25-29(35-17-34-28)38(18-36-25)23-16-20(10-6-12-22-21(30(39)40)11-7-15-33-22)26-27(23)43-24(42-26)14-13-19-8-4-3-5-9-19/h3-5,7-9,11,13-15,17-18,20,23-24,26-27H,2,6,10,12,16H2,1H3,(H,39,40)(H2,32,34,35,37,41)/b14-13+/t20?,23?,24-,26?,27?/m0/s1. The monoisotopic (exact) mass is 583 g/mol. The molecule has 1 aliphatic heterocycles. The molecule has 4 unspecified atom stereocenters. The second-order valence-electron chi connectivity index (χ2n) is 10.6. The number of fused-ring (bicyclic) bond motifs is 2. The molecule has 5 atom stereocenters. The Bertz CT molecular complexity index is 1630. The zero-order valence-electron chi connectivity index (χ0n) is 23.7. The van der Waals surface area contributed by atoms with Gasteiger partial charge in [-0.1, -0.05) is 36.4 Å². The van der Waals surface area contributed by atoms with Gasteiger partial charge in [0.05, 0.1) is 29.7 Å². The zero-order valence-corrected chi connectivity index (χ0v) is 23.7. The second kappa shape index (κ2) is 12.7. The van der Waals surface area contributed by atoms with E-state index in [0.717, 1.165) is 24.8 Å². The van der Waals surface area contributed by atoms with Crippen molar-refractivity contribution in [2.24, 2.45) is 5.92 Å². The molecule has 12 heteroatoms. The van der Waals surface area contributed by atoms with Gasteiger partial charge in [0.1, 0.15) is 12.4 Å². The van der Waals surface area contributed by atoms with Gasteiger partial charge in [-0.05, 0) is 62.3 Å². The number of nitrogens with one attached hydrogen (secondary N) is 2. The second-order valence-corrected chi connectivity index (χ2v) is 10.6. The Morgan fingerprint density at radius 2 is 1.91 bits per heavy atom. The SMILES string of the molecule is CCNC(=O)Nc1ncnc2c1ncn2C1CC(CCCc2ncccc2C(=O)O)C2O[C@H](/C=C/c3ccccc3)OC21. The predicted octanol–water partition coefficient (Wildman–Crippen LogP) is 4.47. The number of carboxylic acids is 1. The van der Waals surface area contributed by atoms with Crippen LogP contribution in [0.2, 0.25) is 0 Å². The number of benzene rings is 1. The molecule has 12 nitrogen and oxygen atoms in total. The van der Waals surface area contributed by atoms with E-state index in [2.05, 4.69) is 30.6 Å². The first-order valence-corrected chi connectivity index (χ1v) is 14.5. The summed E-state index contributed by atoms with van der Waals surface area (Å²) in [6.07, 6.45) is 10.6. The average Bonchev–Trinajstić information content (AvgIpc) is 3.72. The molecule has 43 heavy (non-hydrogen) atoms. The minimum Gasteiger partial charge on any atom is -0.478 e. The quantitative estimate of drug-likeness (QED) is 0.245. The molecule has 4 heterocycles. The van der Waals surface area contributed by atoms with Crippen molar-refractivity contribution in [3.8, 4) is 0 Å². The summed E-state index contributed by atoms with van der Waals surface area (Å²) in [5.41, 5.74) is 2.95.